The third-order valence-electron chi connectivity index (χ3n) is 2.45. The number of nitrogen functional groups attached to an aromatic ring is 1. The summed E-state index contributed by atoms with van der Waals surface area (Å²) in [6.45, 7) is 0. The maximum absolute atomic E-state index is 11.8. The SMILES string of the molecule is COc1ncnc(-n2ccc(C(=O)N(C)C)n2)c1N. The molecule has 0 saturated carbocycles. The molecule has 19 heavy (non-hydrogen) atoms. The summed E-state index contributed by atoms with van der Waals surface area (Å²) in [6.07, 6.45) is 2.93. The molecule has 0 unspecified atom stereocenters. The highest BCUT2D eigenvalue weighted by Gasteiger charge is 2.15. The van der Waals surface area contributed by atoms with Crippen LogP contribution in [0.4, 0.5) is 5.69 Å². The summed E-state index contributed by atoms with van der Waals surface area (Å²) in [5.74, 6) is 0.434. The van der Waals surface area contributed by atoms with Gasteiger partial charge in [-0.1, -0.05) is 0 Å². The molecule has 0 bridgehead atoms. The molecule has 0 saturated heterocycles. The number of hydrogen-bond donors (Lipinski definition) is 1. The topological polar surface area (TPSA) is 99.2 Å². The number of amides is 1. The third kappa shape index (κ3) is 2.32. The summed E-state index contributed by atoms with van der Waals surface area (Å²) >= 11 is 0. The summed E-state index contributed by atoms with van der Waals surface area (Å²) in [7, 11) is 4.78. The second-order valence-corrected chi connectivity index (χ2v) is 3.97. The Balaban J connectivity index is 2.41. The van der Waals surface area contributed by atoms with Crippen LogP contribution in [-0.2, 0) is 0 Å². The lowest BCUT2D eigenvalue weighted by atomic mass is 10.4. The zero-order valence-electron chi connectivity index (χ0n) is 10.9. The summed E-state index contributed by atoms with van der Waals surface area (Å²) in [4.78, 5) is 21.1. The Morgan fingerprint density at radius 1 is 1.42 bits per heavy atom. The highest BCUT2D eigenvalue weighted by molar-refractivity contribution is 5.91. The minimum Gasteiger partial charge on any atom is -0.479 e. The molecule has 2 aromatic heterocycles. The Labute approximate surface area is 109 Å². The molecule has 0 atom stereocenters. The highest BCUT2D eigenvalue weighted by atomic mass is 16.5. The molecule has 2 N–H and O–H groups in total. The number of nitrogens with two attached hydrogens (primary N) is 1. The molecule has 0 aliphatic carbocycles. The number of methoxy groups -OCH3 is 1. The molecule has 2 heterocycles. The molecule has 0 aliphatic rings. The molecule has 2 aromatic rings. The van der Waals surface area contributed by atoms with E-state index in [0.717, 1.165) is 0 Å². The molecule has 0 aliphatic heterocycles. The van der Waals surface area contributed by atoms with Crippen molar-refractivity contribution in [2.75, 3.05) is 26.9 Å². The number of rotatable bonds is 3. The van der Waals surface area contributed by atoms with Crippen molar-refractivity contribution in [3.05, 3.63) is 24.3 Å². The van der Waals surface area contributed by atoms with Gasteiger partial charge < -0.3 is 15.4 Å². The van der Waals surface area contributed by atoms with Gasteiger partial charge in [-0.25, -0.2) is 9.67 Å². The van der Waals surface area contributed by atoms with Crippen molar-refractivity contribution in [1.82, 2.24) is 24.6 Å². The van der Waals surface area contributed by atoms with Crippen LogP contribution in [0.1, 0.15) is 10.5 Å². The van der Waals surface area contributed by atoms with Gasteiger partial charge in [0.1, 0.15) is 12.0 Å². The van der Waals surface area contributed by atoms with Crippen LogP contribution in [0.3, 0.4) is 0 Å². The molecular formula is C11H14N6O2. The summed E-state index contributed by atoms with van der Waals surface area (Å²) < 4.78 is 6.42. The van der Waals surface area contributed by atoms with Gasteiger partial charge in [0.05, 0.1) is 7.11 Å². The van der Waals surface area contributed by atoms with Crippen molar-refractivity contribution in [1.29, 1.82) is 0 Å². The lowest BCUT2D eigenvalue weighted by Crippen LogP contribution is -2.22. The average molecular weight is 262 g/mol. The monoisotopic (exact) mass is 262 g/mol. The van der Waals surface area contributed by atoms with E-state index in [-0.39, 0.29) is 17.5 Å². The predicted octanol–water partition coefficient (Wildman–Crippen LogP) is -0.0451. The predicted molar refractivity (Wildman–Crippen MR) is 68.1 cm³/mol. The minimum absolute atomic E-state index is 0.196. The molecule has 1 amide bonds. The number of anilines is 1. The first-order chi connectivity index (χ1) is 9.04. The summed E-state index contributed by atoms with van der Waals surface area (Å²) in [5, 5.41) is 4.14. The minimum atomic E-state index is -0.196. The van der Waals surface area contributed by atoms with Gasteiger partial charge in [0.25, 0.3) is 5.91 Å². The zero-order valence-corrected chi connectivity index (χ0v) is 10.9. The molecule has 0 fully saturated rings. The van der Waals surface area contributed by atoms with Gasteiger partial charge >= 0.3 is 0 Å². The van der Waals surface area contributed by atoms with Crippen LogP contribution in [0.2, 0.25) is 0 Å². The lowest BCUT2D eigenvalue weighted by molar-refractivity contribution is 0.0821. The van der Waals surface area contributed by atoms with E-state index in [1.165, 1.54) is 23.0 Å². The van der Waals surface area contributed by atoms with E-state index >= 15 is 0 Å². The zero-order chi connectivity index (χ0) is 14.0. The largest absolute Gasteiger partial charge is 0.479 e. The Bertz CT molecular complexity index is 607. The van der Waals surface area contributed by atoms with E-state index in [4.69, 9.17) is 10.5 Å². The van der Waals surface area contributed by atoms with Crippen LogP contribution in [-0.4, -0.2) is 51.8 Å². The normalized spacial score (nSPS) is 10.3. The van der Waals surface area contributed by atoms with E-state index in [0.29, 0.717) is 11.5 Å². The van der Waals surface area contributed by atoms with Crippen LogP contribution in [0.5, 0.6) is 5.88 Å². The maximum Gasteiger partial charge on any atom is 0.273 e. The van der Waals surface area contributed by atoms with Gasteiger partial charge in [-0.15, -0.1) is 0 Å². The van der Waals surface area contributed by atoms with Crippen LogP contribution in [0.25, 0.3) is 5.82 Å². The van der Waals surface area contributed by atoms with Crippen molar-refractivity contribution in [3.8, 4) is 11.7 Å². The van der Waals surface area contributed by atoms with E-state index in [2.05, 4.69) is 15.1 Å². The van der Waals surface area contributed by atoms with Gasteiger partial charge in [-0.05, 0) is 6.07 Å². The van der Waals surface area contributed by atoms with Crippen molar-refractivity contribution < 1.29 is 9.53 Å². The number of aromatic nitrogens is 4. The number of ether oxygens (including phenoxy) is 1. The Morgan fingerprint density at radius 3 is 2.79 bits per heavy atom. The first kappa shape index (κ1) is 12.8. The van der Waals surface area contributed by atoms with E-state index < -0.39 is 0 Å². The molecule has 8 heteroatoms. The fourth-order valence-electron chi connectivity index (χ4n) is 1.50. The molecule has 100 valence electrons. The van der Waals surface area contributed by atoms with Crippen molar-refractivity contribution in [3.63, 3.8) is 0 Å². The first-order valence-corrected chi connectivity index (χ1v) is 5.46. The Morgan fingerprint density at radius 2 is 2.16 bits per heavy atom. The maximum atomic E-state index is 11.8. The van der Waals surface area contributed by atoms with E-state index in [9.17, 15) is 4.79 Å². The van der Waals surface area contributed by atoms with Crippen molar-refractivity contribution >= 4 is 11.6 Å². The Kier molecular flexibility index (Phi) is 3.32. The summed E-state index contributed by atoms with van der Waals surface area (Å²) in [5.41, 5.74) is 6.43. The number of nitrogens with zero attached hydrogens (tertiary/aromatic N) is 5. The average Bonchev–Trinajstić information content (AvgIpc) is 2.87. The second kappa shape index (κ2) is 4.92. The first-order valence-electron chi connectivity index (χ1n) is 5.46. The molecule has 2 rings (SSSR count). The van der Waals surface area contributed by atoms with Gasteiger partial charge in [0.15, 0.2) is 11.5 Å². The molecule has 0 spiro atoms. The van der Waals surface area contributed by atoms with Crippen LogP contribution in [0.15, 0.2) is 18.6 Å². The molecule has 0 aromatic carbocycles. The van der Waals surface area contributed by atoms with Crippen LogP contribution in [0, 0.1) is 0 Å². The van der Waals surface area contributed by atoms with Gasteiger partial charge in [0.2, 0.25) is 5.88 Å². The second-order valence-electron chi connectivity index (χ2n) is 3.97. The van der Waals surface area contributed by atoms with Gasteiger partial charge in [-0.2, -0.15) is 10.1 Å². The number of carbonyl (C=O) groups excluding carboxylic acids is 1. The van der Waals surface area contributed by atoms with Gasteiger partial charge in [0, 0.05) is 20.3 Å². The van der Waals surface area contributed by atoms with Gasteiger partial charge in [-0.3, -0.25) is 4.79 Å². The van der Waals surface area contributed by atoms with Crippen LogP contribution >= 0.6 is 0 Å². The van der Waals surface area contributed by atoms with E-state index in [1.807, 2.05) is 0 Å². The lowest BCUT2D eigenvalue weighted by Gasteiger charge is -2.08. The number of hydrogen-bond acceptors (Lipinski definition) is 6. The van der Waals surface area contributed by atoms with Crippen molar-refractivity contribution in [2.45, 2.75) is 0 Å². The molecule has 0 radical (unpaired) electrons. The fourth-order valence-corrected chi connectivity index (χ4v) is 1.50. The molecular weight excluding hydrogens is 248 g/mol. The van der Waals surface area contributed by atoms with Crippen LogP contribution < -0.4 is 10.5 Å². The highest BCUT2D eigenvalue weighted by Crippen LogP contribution is 2.22. The third-order valence-corrected chi connectivity index (χ3v) is 2.45. The smallest absolute Gasteiger partial charge is 0.273 e. The standard InChI is InChI=1S/C11H14N6O2/c1-16(2)11(18)7-4-5-17(15-7)9-8(12)10(19-3)14-6-13-9/h4-6H,12H2,1-3H3. The summed E-state index contributed by atoms with van der Waals surface area (Å²) in [6, 6.07) is 1.59. The fraction of sp³-hybridized carbons (Fsp3) is 0.273. The quantitative estimate of drug-likeness (QED) is 0.832. The van der Waals surface area contributed by atoms with E-state index in [1.54, 1.807) is 26.4 Å². The van der Waals surface area contributed by atoms with Crippen molar-refractivity contribution in [2.24, 2.45) is 0 Å². The Hall–Kier alpha value is -2.64. The molecule has 8 nitrogen and oxygen atoms in total. The number of carbonyl (C=O) groups is 1.